The number of nitrogens with two attached hydrogens (primary N) is 1. The van der Waals surface area contributed by atoms with E-state index in [4.69, 9.17) is 10.5 Å². The molecule has 2 aromatic heterocycles. The summed E-state index contributed by atoms with van der Waals surface area (Å²) in [7, 11) is 0. The quantitative estimate of drug-likeness (QED) is 0.209. The number of nitrogens with zero attached hydrogens (tertiary/aromatic N) is 2. The number of thiophene rings is 1. The van der Waals surface area contributed by atoms with E-state index >= 15 is 8.63 Å². The van der Waals surface area contributed by atoms with E-state index < -0.39 is 6.97 Å². The van der Waals surface area contributed by atoms with Crippen molar-refractivity contribution in [3.63, 3.8) is 0 Å². The number of aromatic nitrogens is 1. The van der Waals surface area contributed by atoms with Gasteiger partial charge < -0.3 is 33.4 Å². The first-order chi connectivity index (χ1) is 19.0. The van der Waals surface area contributed by atoms with Gasteiger partial charge in [-0.1, -0.05) is 37.1 Å². The number of nitrogens with one attached hydrogen (secondary N) is 1. The van der Waals surface area contributed by atoms with Crippen LogP contribution in [0.3, 0.4) is 0 Å². The Morgan fingerprint density at radius 2 is 1.85 bits per heavy atom. The maximum atomic E-state index is 15.9. The highest BCUT2D eigenvalue weighted by molar-refractivity contribution is 7.12. The fourth-order valence-electron chi connectivity index (χ4n) is 4.82. The van der Waals surface area contributed by atoms with Crippen LogP contribution in [0.15, 0.2) is 71.8 Å². The van der Waals surface area contributed by atoms with Gasteiger partial charge in [0.25, 0.3) is 5.91 Å². The minimum atomic E-state index is -4.08. The molecule has 0 atom stereocenters. The molecule has 5 rings (SSSR count). The summed E-state index contributed by atoms with van der Waals surface area (Å²) in [6.45, 7) is -2.81. The molecule has 3 N–H and O–H groups in total. The topological polar surface area (TPSA) is 72.3 Å². The Balaban J connectivity index is 0.00000370. The van der Waals surface area contributed by atoms with Crippen molar-refractivity contribution < 1.29 is 22.6 Å². The number of rotatable bonds is 12. The van der Waals surface area contributed by atoms with Crippen LogP contribution in [0.2, 0.25) is 0 Å². The molecule has 210 valence electrons. The van der Waals surface area contributed by atoms with Gasteiger partial charge in [0.05, 0.1) is 4.88 Å². The Hall–Kier alpha value is -3.47. The van der Waals surface area contributed by atoms with Gasteiger partial charge in [-0.2, -0.15) is 0 Å². The second kappa shape index (κ2) is 13.3. The van der Waals surface area contributed by atoms with E-state index in [2.05, 4.69) is 5.32 Å². The molecule has 0 bridgehead atoms. The summed E-state index contributed by atoms with van der Waals surface area (Å²) in [6, 6.07) is 14.3. The molecule has 0 radical (unpaired) electrons. The van der Waals surface area contributed by atoms with Crippen LogP contribution in [0.5, 0.6) is 5.75 Å². The fourth-order valence-corrected chi connectivity index (χ4v) is 5.57. The van der Waals surface area contributed by atoms with Crippen LogP contribution >= 0.6 is 23.7 Å². The highest BCUT2D eigenvalue weighted by Crippen LogP contribution is 2.34. The number of unbranched alkanes of at least 4 members (excludes halogenated alkanes) is 3. The van der Waals surface area contributed by atoms with Gasteiger partial charge in [-0.05, 0) is 66.7 Å². The monoisotopic (exact) mass is 584 g/mol. The Labute approximate surface area is 243 Å². The van der Waals surface area contributed by atoms with E-state index in [1.54, 1.807) is 54.6 Å². The number of fused-ring (bicyclic) bond motifs is 2. The molecule has 40 heavy (non-hydrogen) atoms. The second-order valence-electron chi connectivity index (χ2n) is 9.52. The summed E-state index contributed by atoms with van der Waals surface area (Å²) in [5, 5.41) is 4.74. The third-order valence-electron chi connectivity index (χ3n) is 6.77. The van der Waals surface area contributed by atoms with Crippen molar-refractivity contribution in [3.8, 4) is 5.75 Å². The molecule has 0 spiro atoms. The molecule has 2 aliphatic rings. The van der Waals surface area contributed by atoms with Gasteiger partial charge >= 0.3 is 6.97 Å². The van der Waals surface area contributed by atoms with E-state index in [1.807, 2.05) is 29.6 Å². The maximum Gasteiger partial charge on any atom is 0.737 e. The van der Waals surface area contributed by atoms with E-state index in [1.165, 1.54) is 11.3 Å². The summed E-state index contributed by atoms with van der Waals surface area (Å²) >= 11 is 1.44. The number of carbonyl (C=O) groups is 1. The van der Waals surface area contributed by atoms with Gasteiger partial charge in [-0.25, -0.2) is 0 Å². The number of hydrogen-bond acceptors (Lipinski definition) is 4. The van der Waals surface area contributed by atoms with Gasteiger partial charge in [0, 0.05) is 36.2 Å². The largest absolute Gasteiger partial charge is 0.737 e. The van der Waals surface area contributed by atoms with Crippen LogP contribution in [-0.4, -0.2) is 47.2 Å². The standard InChI is InChI=1S/C29H31BF2N4O2S.ClH/c31-30(32)35-23(11-12-24(35)20-25-13-16-27(36(25)30)28-6-5-19-39-28)10-7-22-8-14-26(15-9-22)38-21-29(37)34-18-4-2-1-3-17-33;/h5-16,19-20H,1-4,17-18,21,33H2,(H,34,37);1H. The maximum absolute atomic E-state index is 15.9. The molecule has 11 heteroatoms. The number of benzene rings is 1. The predicted octanol–water partition coefficient (Wildman–Crippen LogP) is 5.80. The molecule has 0 unspecified atom stereocenters. The summed E-state index contributed by atoms with van der Waals surface area (Å²) in [4.78, 5) is 12.8. The lowest BCUT2D eigenvalue weighted by Crippen LogP contribution is -2.50. The van der Waals surface area contributed by atoms with Gasteiger partial charge in [0.1, 0.15) is 5.75 Å². The first kappa shape index (κ1) is 29.5. The average Bonchev–Trinajstić information content (AvgIpc) is 3.69. The lowest BCUT2D eigenvalue weighted by molar-refractivity contribution is -0.360. The third-order valence-corrected chi connectivity index (χ3v) is 7.66. The van der Waals surface area contributed by atoms with Crippen LogP contribution in [0.1, 0.15) is 47.5 Å². The van der Waals surface area contributed by atoms with E-state index in [0.717, 1.165) is 45.1 Å². The molecule has 0 fully saturated rings. The van der Waals surface area contributed by atoms with Crippen molar-refractivity contribution in [2.45, 2.75) is 25.7 Å². The van der Waals surface area contributed by atoms with E-state index in [9.17, 15) is 4.79 Å². The zero-order valence-electron chi connectivity index (χ0n) is 22.0. The molecule has 0 aliphatic carbocycles. The molecule has 0 saturated heterocycles. The number of ether oxygens (including phenoxy) is 1. The summed E-state index contributed by atoms with van der Waals surface area (Å²) in [5.41, 5.74) is 8.21. The van der Waals surface area contributed by atoms with Gasteiger partial charge in [0.2, 0.25) is 0 Å². The molecule has 1 amide bonds. The first-order valence-electron chi connectivity index (χ1n) is 13.2. The van der Waals surface area contributed by atoms with Crippen molar-refractivity contribution >= 4 is 60.6 Å². The normalized spacial score (nSPS) is 15.0. The van der Waals surface area contributed by atoms with Crippen molar-refractivity contribution in [1.82, 2.24) is 9.79 Å². The Kier molecular flexibility index (Phi) is 9.78. The molecule has 1 aromatic carbocycles. The van der Waals surface area contributed by atoms with Crippen LogP contribution in [0, 0.1) is 0 Å². The highest BCUT2D eigenvalue weighted by atomic mass is 35.5. The SMILES string of the molecule is Cl.NCCCCCCNC(=O)COc1ccc(C=Cc2ccc3n2[B-](F)(F)[N+]2=C(c4cccs4)C=CC2=C3)cc1. The molecule has 3 aromatic rings. The van der Waals surface area contributed by atoms with E-state index in [-0.39, 0.29) is 24.9 Å². The zero-order valence-corrected chi connectivity index (χ0v) is 23.6. The zero-order chi connectivity index (χ0) is 27.2. The summed E-state index contributed by atoms with van der Waals surface area (Å²) < 4.78 is 39.7. The fraction of sp³-hybridized carbons (Fsp3) is 0.241. The first-order valence-corrected chi connectivity index (χ1v) is 14.1. The predicted molar refractivity (Wildman–Crippen MR) is 162 cm³/mol. The van der Waals surface area contributed by atoms with Gasteiger partial charge in [-0.3, -0.25) is 4.79 Å². The van der Waals surface area contributed by atoms with Gasteiger partial charge in [0.15, 0.2) is 18.0 Å². The molecular weight excluding hydrogens is 553 g/mol. The van der Waals surface area contributed by atoms with Crippen LogP contribution in [-0.2, 0) is 4.79 Å². The van der Waals surface area contributed by atoms with Crippen LogP contribution < -0.4 is 15.8 Å². The van der Waals surface area contributed by atoms with Crippen LogP contribution in [0.4, 0.5) is 8.63 Å². The van der Waals surface area contributed by atoms with Gasteiger partial charge in [-0.15, -0.1) is 23.7 Å². The number of halogens is 3. The second-order valence-corrected chi connectivity index (χ2v) is 10.5. The minimum absolute atomic E-state index is 0. The van der Waals surface area contributed by atoms with E-state index in [0.29, 0.717) is 41.6 Å². The Morgan fingerprint density at radius 1 is 1.05 bits per heavy atom. The van der Waals surface area contributed by atoms with Crippen molar-refractivity contribution in [3.05, 3.63) is 93.6 Å². The van der Waals surface area contributed by atoms with Crippen LogP contribution in [0.25, 0.3) is 18.2 Å². The number of amides is 1. The smallest absolute Gasteiger partial charge is 0.484 e. The number of hydrogen-bond donors (Lipinski definition) is 2. The molecule has 2 aliphatic heterocycles. The highest BCUT2D eigenvalue weighted by Gasteiger charge is 2.52. The van der Waals surface area contributed by atoms with Crippen molar-refractivity contribution in [2.24, 2.45) is 5.73 Å². The molecule has 4 heterocycles. The minimum Gasteiger partial charge on any atom is -0.484 e. The third kappa shape index (κ3) is 6.46. The summed E-state index contributed by atoms with van der Waals surface area (Å²) in [6.07, 6.45) is 12.8. The van der Waals surface area contributed by atoms with Crippen molar-refractivity contribution in [1.29, 1.82) is 0 Å². The molecule has 6 nitrogen and oxygen atoms in total. The molecular formula is C29H32BClF2N4O2S. The average molecular weight is 585 g/mol. The molecule has 0 saturated carbocycles. The van der Waals surface area contributed by atoms with Crippen molar-refractivity contribution in [2.75, 3.05) is 19.7 Å². The lowest BCUT2D eigenvalue weighted by Gasteiger charge is -2.30. The Bertz CT molecular complexity index is 1450. The lowest BCUT2D eigenvalue weighted by atomic mass is 9.90. The summed E-state index contributed by atoms with van der Waals surface area (Å²) in [5.74, 6) is 0.402. The number of allylic oxidation sites excluding steroid dienone is 2. The Morgan fingerprint density at radius 3 is 2.60 bits per heavy atom. The number of carbonyl (C=O) groups excluding carboxylic acids is 1.